The molecule has 0 unspecified atom stereocenters. The molecule has 2 heterocycles. The summed E-state index contributed by atoms with van der Waals surface area (Å²) in [5, 5.41) is 5.54. The molecule has 122 valence electrons. The fourth-order valence-corrected chi connectivity index (χ4v) is 3.24. The Morgan fingerprint density at radius 3 is 3.04 bits per heavy atom. The van der Waals surface area contributed by atoms with Crippen LogP contribution in [0.1, 0.15) is 40.5 Å². The number of nitrogens with zero attached hydrogens (tertiary/aromatic N) is 1. The number of benzene rings is 1. The van der Waals surface area contributed by atoms with Crippen molar-refractivity contribution >= 4 is 17.2 Å². The number of amides is 1. The van der Waals surface area contributed by atoms with E-state index in [2.05, 4.69) is 10.3 Å². The molecule has 6 heteroatoms. The number of ether oxygens (including phenoxy) is 2. The Labute approximate surface area is 139 Å². The van der Waals surface area contributed by atoms with E-state index < -0.39 is 0 Å². The SMILES string of the molecule is CCOc1cc2c(cc1CNC(=O)c1csc(C)n1)O[C@@H](C)C2. The van der Waals surface area contributed by atoms with Crippen LogP contribution in [0, 0.1) is 6.92 Å². The first kappa shape index (κ1) is 15.8. The zero-order valence-electron chi connectivity index (χ0n) is 13.5. The Hall–Kier alpha value is -2.08. The number of fused-ring (bicyclic) bond motifs is 1. The second-order valence-electron chi connectivity index (χ2n) is 5.57. The summed E-state index contributed by atoms with van der Waals surface area (Å²) in [7, 11) is 0. The van der Waals surface area contributed by atoms with E-state index in [0.717, 1.165) is 34.1 Å². The molecule has 0 fully saturated rings. The van der Waals surface area contributed by atoms with Crippen LogP contribution in [0.5, 0.6) is 11.5 Å². The van der Waals surface area contributed by atoms with Gasteiger partial charge in [-0.05, 0) is 32.9 Å². The highest BCUT2D eigenvalue weighted by Gasteiger charge is 2.22. The van der Waals surface area contributed by atoms with Crippen molar-refractivity contribution in [2.75, 3.05) is 6.61 Å². The van der Waals surface area contributed by atoms with Crippen LogP contribution in [0.25, 0.3) is 0 Å². The van der Waals surface area contributed by atoms with Crippen molar-refractivity contribution in [3.05, 3.63) is 39.3 Å². The first-order valence-corrected chi connectivity index (χ1v) is 8.60. The lowest BCUT2D eigenvalue weighted by Gasteiger charge is -2.13. The van der Waals surface area contributed by atoms with Crippen LogP contribution < -0.4 is 14.8 Å². The molecule has 1 atom stereocenters. The van der Waals surface area contributed by atoms with E-state index in [1.165, 1.54) is 11.3 Å². The van der Waals surface area contributed by atoms with Gasteiger partial charge in [0, 0.05) is 29.5 Å². The van der Waals surface area contributed by atoms with Crippen LogP contribution in [-0.2, 0) is 13.0 Å². The highest BCUT2D eigenvalue weighted by atomic mass is 32.1. The van der Waals surface area contributed by atoms with Crippen LogP contribution in [0.3, 0.4) is 0 Å². The van der Waals surface area contributed by atoms with E-state index in [-0.39, 0.29) is 12.0 Å². The van der Waals surface area contributed by atoms with Crippen molar-refractivity contribution in [2.24, 2.45) is 0 Å². The molecular weight excluding hydrogens is 312 g/mol. The summed E-state index contributed by atoms with van der Waals surface area (Å²) in [5.41, 5.74) is 2.53. The molecule has 0 aliphatic carbocycles. The van der Waals surface area contributed by atoms with Crippen molar-refractivity contribution in [1.82, 2.24) is 10.3 Å². The van der Waals surface area contributed by atoms with Crippen LogP contribution in [0.15, 0.2) is 17.5 Å². The number of carbonyl (C=O) groups excluding carboxylic acids is 1. The smallest absolute Gasteiger partial charge is 0.271 e. The lowest BCUT2D eigenvalue weighted by molar-refractivity contribution is 0.0946. The van der Waals surface area contributed by atoms with E-state index in [9.17, 15) is 4.79 Å². The van der Waals surface area contributed by atoms with Crippen LogP contribution in [0.4, 0.5) is 0 Å². The van der Waals surface area contributed by atoms with Crippen LogP contribution in [0.2, 0.25) is 0 Å². The summed E-state index contributed by atoms with van der Waals surface area (Å²) in [4.78, 5) is 16.3. The number of aromatic nitrogens is 1. The van der Waals surface area contributed by atoms with Gasteiger partial charge in [-0.1, -0.05) is 0 Å². The summed E-state index contributed by atoms with van der Waals surface area (Å²) in [6, 6.07) is 3.99. The van der Waals surface area contributed by atoms with Crippen molar-refractivity contribution in [1.29, 1.82) is 0 Å². The zero-order chi connectivity index (χ0) is 16.4. The third-order valence-electron chi connectivity index (χ3n) is 3.67. The molecule has 1 aliphatic rings. The molecule has 0 spiro atoms. The minimum atomic E-state index is -0.174. The Kier molecular flexibility index (Phi) is 4.52. The number of aryl methyl sites for hydroxylation is 1. The zero-order valence-corrected chi connectivity index (χ0v) is 14.3. The highest BCUT2D eigenvalue weighted by molar-refractivity contribution is 7.09. The molecule has 5 nitrogen and oxygen atoms in total. The highest BCUT2D eigenvalue weighted by Crippen LogP contribution is 2.35. The average Bonchev–Trinajstić information content (AvgIpc) is 3.09. The summed E-state index contributed by atoms with van der Waals surface area (Å²) >= 11 is 1.47. The largest absolute Gasteiger partial charge is 0.494 e. The number of hydrogen-bond acceptors (Lipinski definition) is 5. The molecule has 0 saturated heterocycles. The summed E-state index contributed by atoms with van der Waals surface area (Å²) in [5.74, 6) is 1.51. The molecule has 0 saturated carbocycles. The molecule has 1 aromatic heterocycles. The number of rotatable bonds is 5. The second kappa shape index (κ2) is 6.58. The minimum Gasteiger partial charge on any atom is -0.494 e. The average molecular weight is 332 g/mol. The maximum absolute atomic E-state index is 12.1. The third kappa shape index (κ3) is 3.47. The molecule has 2 aromatic rings. The molecular formula is C17H20N2O3S. The van der Waals surface area contributed by atoms with Crippen molar-refractivity contribution < 1.29 is 14.3 Å². The number of hydrogen-bond donors (Lipinski definition) is 1. The molecule has 3 rings (SSSR count). The van der Waals surface area contributed by atoms with Gasteiger partial charge in [0.25, 0.3) is 5.91 Å². The molecule has 23 heavy (non-hydrogen) atoms. The van der Waals surface area contributed by atoms with E-state index in [1.54, 1.807) is 5.38 Å². The molecule has 0 radical (unpaired) electrons. The van der Waals surface area contributed by atoms with Crippen molar-refractivity contribution in [3.63, 3.8) is 0 Å². The standard InChI is InChI=1S/C17H20N2O3S/c1-4-21-15-6-12-5-10(2)22-16(12)7-13(15)8-18-17(20)14-9-23-11(3)19-14/h6-7,9-10H,4-5,8H2,1-3H3,(H,18,20)/t10-/m0/s1. The molecule has 1 aliphatic heterocycles. The maximum Gasteiger partial charge on any atom is 0.271 e. The predicted octanol–water partition coefficient (Wildman–Crippen LogP) is 3.10. The minimum absolute atomic E-state index is 0.174. The fraction of sp³-hybridized carbons (Fsp3) is 0.412. The van der Waals surface area contributed by atoms with Crippen LogP contribution in [-0.4, -0.2) is 23.6 Å². The van der Waals surface area contributed by atoms with Crippen molar-refractivity contribution in [3.8, 4) is 11.5 Å². The van der Waals surface area contributed by atoms with Gasteiger partial charge in [0.05, 0.1) is 11.6 Å². The lowest BCUT2D eigenvalue weighted by atomic mass is 10.1. The lowest BCUT2D eigenvalue weighted by Crippen LogP contribution is -2.23. The summed E-state index contributed by atoms with van der Waals surface area (Å²) in [6.45, 7) is 6.85. The predicted molar refractivity (Wildman–Crippen MR) is 89.4 cm³/mol. The third-order valence-corrected chi connectivity index (χ3v) is 4.44. The van der Waals surface area contributed by atoms with Gasteiger partial charge < -0.3 is 14.8 Å². The van der Waals surface area contributed by atoms with Gasteiger partial charge >= 0.3 is 0 Å². The maximum atomic E-state index is 12.1. The summed E-state index contributed by atoms with van der Waals surface area (Å²) in [6.07, 6.45) is 1.07. The molecule has 1 N–H and O–H groups in total. The first-order chi connectivity index (χ1) is 11.1. The topological polar surface area (TPSA) is 60.5 Å². The first-order valence-electron chi connectivity index (χ1n) is 7.72. The van der Waals surface area contributed by atoms with Gasteiger partial charge in [-0.15, -0.1) is 11.3 Å². The van der Waals surface area contributed by atoms with Crippen molar-refractivity contribution in [2.45, 2.75) is 39.8 Å². The van der Waals surface area contributed by atoms with E-state index >= 15 is 0 Å². The van der Waals surface area contributed by atoms with E-state index in [4.69, 9.17) is 9.47 Å². The van der Waals surface area contributed by atoms with Gasteiger partial charge in [-0.3, -0.25) is 4.79 Å². The van der Waals surface area contributed by atoms with E-state index in [0.29, 0.717) is 18.8 Å². The van der Waals surface area contributed by atoms with Crippen LogP contribution >= 0.6 is 11.3 Å². The van der Waals surface area contributed by atoms with Gasteiger partial charge in [0.2, 0.25) is 0 Å². The van der Waals surface area contributed by atoms with Gasteiger partial charge in [-0.25, -0.2) is 4.98 Å². The number of thiazole rings is 1. The normalized spacial score (nSPS) is 15.9. The molecule has 1 amide bonds. The Balaban J connectivity index is 1.76. The fourth-order valence-electron chi connectivity index (χ4n) is 2.64. The molecule has 1 aromatic carbocycles. The number of nitrogens with one attached hydrogen (secondary N) is 1. The van der Waals surface area contributed by atoms with Gasteiger partial charge in [0.1, 0.15) is 23.3 Å². The summed E-state index contributed by atoms with van der Waals surface area (Å²) < 4.78 is 11.5. The van der Waals surface area contributed by atoms with Gasteiger partial charge in [-0.2, -0.15) is 0 Å². The Bertz CT molecular complexity index is 727. The monoisotopic (exact) mass is 332 g/mol. The van der Waals surface area contributed by atoms with Gasteiger partial charge in [0.15, 0.2) is 0 Å². The Morgan fingerprint density at radius 1 is 1.52 bits per heavy atom. The number of carbonyl (C=O) groups is 1. The quantitative estimate of drug-likeness (QED) is 0.914. The molecule has 0 bridgehead atoms. The Morgan fingerprint density at radius 2 is 2.35 bits per heavy atom. The second-order valence-corrected chi connectivity index (χ2v) is 6.63. The van der Waals surface area contributed by atoms with E-state index in [1.807, 2.05) is 32.9 Å².